The number of piperazine rings is 1. The average molecular weight is 603 g/mol. The van der Waals surface area contributed by atoms with Gasteiger partial charge in [-0.25, -0.2) is 4.98 Å². The third-order valence-electron chi connectivity index (χ3n) is 9.27. The van der Waals surface area contributed by atoms with Crippen LogP contribution in [0.1, 0.15) is 36.0 Å². The van der Waals surface area contributed by atoms with Gasteiger partial charge >= 0.3 is 0 Å². The smallest absolute Gasteiger partial charge is 0.235 e. The van der Waals surface area contributed by atoms with Crippen molar-refractivity contribution in [3.63, 3.8) is 0 Å². The van der Waals surface area contributed by atoms with Gasteiger partial charge in [-0.3, -0.25) is 9.69 Å². The fourth-order valence-electron chi connectivity index (χ4n) is 6.91. The zero-order valence-corrected chi connectivity index (χ0v) is 26.0. The second-order valence-corrected chi connectivity index (χ2v) is 12.8. The molecule has 1 fully saturated rings. The van der Waals surface area contributed by atoms with Crippen molar-refractivity contribution in [2.45, 2.75) is 31.2 Å². The molecule has 1 amide bonds. The predicted molar refractivity (Wildman–Crippen MR) is 180 cm³/mol. The van der Waals surface area contributed by atoms with Gasteiger partial charge in [0, 0.05) is 32.7 Å². The minimum Gasteiger partial charge on any atom is -0.497 e. The maximum Gasteiger partial charge on any atom is 0.235 e. The summed E-state index contributed by atoms with van der Waals surface area (Å²) in [5, 5.41) is 4.45. The number of carbonyl (C=O) groups is 1. The van der Waals surface area contributed by atoms with E-state index in [1.165, 1.54) is 15.8 Å². The van der Waals surface area contributed by atoms with Crippen molar-refractivity contribution in [1.29, 1.82) is 0 Å². The number of carbonyl (C=O) groups excluding carboxylic acids is 1. The molecule has 0 spiro atoms. The van der Waals surface area contributed by atoms with Gasteiger partial charge < -0.3 is 15.0 Å². The monoisotopic (exact) mass is 602 g/mol. The summed E-state index contributed by atoms with van der Waals surface area (Å²) in [5.74, 6) is 0.892. The lowest BCUT2D eigenvalue weighted by molar-refractivity contribution is -0.125. The van der Waals surface area contributed by atoms with Gasteiger partial charge in [0.2, 0.25) is 5.91 Å². The molecule has 1 saturated heterocycles. The second kappa shape index (κ2) is 12.4. The fourth-order valence-corrected chi connectivity index (χ4v) is 7.93. The van der Waals surface area contributed by atoms with Crippen molar-refractivity contribution < 1.29 is 9.53 Å². The molecule has 224 valence electrons. The lowest BCUT2D eigenvalue weighted by Crippen LogP contribution is -2.47. The number of amides is 1. The third-order valence-corrected chi connectivity index (χ3v) is 10.4. The topological polar surface area (TPSA) is 57.7 Å². The molecule has 0 bridgehead atoms. The molecule has 7 rings (SSSR count). The molecule has 44 heavy (non-hydrogen) atoms. The number of para-hydroxylation sites is 1. The number of unbranched alkanes of at least 4 members (excludes halogenated alkanes) is 1. The summed E-state index contributed by atoms with van der Waals surface area (Å²) in [7, 11) is 1.67. The van der Waals surface area contributed by atoms with Gasteiger partial charge in [-0.2, -0.15) is 0 Å². The summed E-state index contributed by atoms with van der Waals surface area (Å²) < 4.78 is 6.56. The van der Waals surface area contributed by atoms with Crippen LogP contribution in [0.2, 0.25) is 0 Å². The number of methoxy groups -OCH3 is 1. The molecule has 0 radical (unpaired) electrons. The average Bonchev–Trinajstić information content (AvgIpc) is 3.64. The Hall–Kier alpha value is -4.20. The number of aromatic nitrogens is 1. The van der Waals surface area contributed by atoms with Crippen LogP contribution >= 0.6 is 11.3 Å². The highest BCUT2D eigenvalue weighted by Gasteiger charge is 2.48. The van der Waals surface area contributed by atoms with Gasteiger partial charge in [-0.05, 0) is 71.5 Å². The fraction of sp³-hybridized carbons (Fsp3) is 0.297. The van der Waals surface area contributed by atoms with E-state index in [0.29, 0.717) is 6.54 Å². The summed E-state index contributed by atoms with van der Waals surface area (Å²) in [6.07, 6.45) is 2.80. The first-order valence-electron chi connectivity index (χ1n) is 15.6. The highest BCUT2D eigenvalue weighted by molar-refractivity contribution is 7.22. The van der Waals surface area contributed by atoms with Crippen LogP contribution in [-0.2, 0) is 16.8 Å². The number of fused-ring (bicyclic) bond motifs is 4. The van der Waals surface area contributed by atoms with Crippen molar-refractivity contribution in [2.75, 3.05) is 44.7 Å². The molecule has 1 aliphatic carbocycles. The van der Waals surface area contributed by atoms with Crippen molar-refractivity contribution in [2.24, 2.45) is 0 Å². The number of hydrogen-bond acceptors (Lipinski definition) is 6. The summed E-state index contributed by atoms with van der Waals surface area (Å²) in [4.78, 5) is 24.2. The number of nitrogens with zero attached hydrogens (tertiary/aromatic N) is 3. The van der Waals surface area contributed by atoms with Crippen molar-refractivity contribution in [3.8, 4) is 16.9 Å². The molecule has 1 N–H and O–H groups in total. The van der Waals surface area contributed by atoms with Gasteiger partial charge in [-0.1, -0.05) is 90.6 Å². The quantitative estimate of drug-likeness (QED) is 0.177. The second-order valence-electron chi connectivity index (χ2n) is 11.8. The van der Waals surface area contributed by atoms with Gasteiger partial charge in [0.1, 0.15) is 11.2 Å². The van der Waals surface area contributed by atoms with Gasteiger partial charge in [0.25, 0.3) is 0 Å². The highest BCUT2D eigenvalue weighted by atomic mass is 32.1. The molecular weight excluding hydrogens is 565 g/mol. The molecule has 7 heteroatoms. The van der Waals surface area contributed by atoms with Crippen LogP contribution in [0.4, 0.5) is 5.13 Å². The Morgan fingerprint density at radius 2 is 1.50 bits per heavy atom. The van der Waals surface area contributed by atoms with Crippen LogP contribution in [0, 0.1) is 0 Å². The first-order chi connectivity index (χ1) is 21.7. The molecule has 5 aromatic rings. The third kappa shape index (κ3) is 5.35. The Labute approximate surface area is 263 Å². The number of ether oxygens (including phenoxy) is 1. The molecule has 1 aromatic heterocycles. The molecule has 2 aliphatic rings. The van der Waals surface area contributed by atoms with E-state index in [1.54, 1.807) is 18.4 Å². The van der Waals surface area contributed by atoms with E-state index in [4.69, 9.17) is 9.72 Å². The molecular formula is C37H38N4O2S. The Balaban J connectivity index is 1.03. The molecule has 4 aromatic carbocycles. The Morgan fingerprint density at radius 3 is 2.18 bits per heavy atom. The summed E-state index contributed by atoms with van der Waals surface area (Å²) in [5.41, 5.74) is 6.04. The summed E-state index contributed by atoms with van der Waals surface area (Å²) in [6, 6.07) is 33.2. The van der Waals surface area contributed by atoms with Crippen LogP contribution in [-0.4, -0.2) is 55.6 Å². The van der Waals surface area contributed by atoms with Crippen LogP contribution in [0.5, 0.6) is 5.75 Å². The van der Waals surface area contributed by atoms with E-state index in [0.717, 1.165) is 85.1 Å². The lowest BCUT2D eigenvalue weighted by atomic mass is 9.73. The van der Waals surface area contributed by atoms with Crippen LogP contribution < -0.4 is 15.0 Å². The highest BCUT2D eigenvalue weighted by Crippen LogP contribution is 2.51. The zero-order valence-electron chi connectivity index (χ0n) is 25.2. The van der Waals surface area contributed by atoms with E-state index < -0.39 is 5.41 Å². The first-order valence-corrected chi connectivity index (χ1v) is 16.4. The van der Waals surface area contributed by atoms with Crippen LogP contribution in [0.3, 0.4) is 0 Å². The van der Waals surface area contributed by atoms with Gasteiger partial charge in [0.15, 0.2) is 5.13 Å². The van der Waals surface area contributed by atoms with E-state index in [9.17, 15) is 4.79 Å². The lowest BCUT2D eigenvalue weighted by Gasteiger charge is -2.35. The van der Waals surface area contributed by atoms with E-state index in [1.807, 2.05) is 24.3 Å². The summed E-state index contributed by atoms with van der Waals surface area (Å²) in [6.45, 7) is 5.59. The maximum absolute atomic E-state index is 14.4. The minimum atomic E-state index is -0.703. The molecule has 1 aliphatic heterocycles. The largest absolute Gasteiger partial charge is 0.497 e. The van der Waals surface area contributed by atoms with Crippen molar-refractivity contribution >= 4 is 32.6 Å². The molecule has 0 unspecified atom stereocenters. The van der Waals surface area contributed by atoms with Crippen molar-refractivity contribution in [3.05, 3.63) is 114 Å². The number of nitrogens with one attached hydrogen (secondary N) is 1. The molecule has 0 atom stereocenters. The zero-order chi connectivity index (χ0) is 29.9. The van der Waals surface area contributed by atoms with E-state index in [2.05, 4.69) is 87.9 Å². The van der Waals surface area contributed by atoms with E-state index >= 15 is 0 Å². The number of thiazole rings is 1. The SMILES string of the molecule is COc1ccc(CNC(=O)C2(CCCCN3CCN(c4nc5ccccc5s4)CC3)c3ccccc3-c3ccccc32)cc1. The van der Waals surface area contributed by atoms with Crippen LogP contribution in [0.25, 0.3) is 21.3 Å². The number of hydrogen-bond donors (Lipinski definition) is 1. The molecule has 0 saturated carbocycles. The summed E-state index contributed by atoms with van der Waals surface area (Å²) >= 11 is 1.79. The Bertz CT molecular complexity index is 1680. The minimum absolute atomic E-state index is 0.0789. The number of benzene rings is 4. The Morgan fingerprint density at radius 1 is 0.841 bits per heavy atom. The van der Waals surface area contributed by atoms with Crippen molar-refractivity contribution in [1.82, 2.24) is 15.2 Å². The molecule has 6 nitrogen and oxygen atoms in total. The standard InChI is InChI=1S/C37H38N4O2S/c1-43-28-18-16-27(17-19-28)26-38-35(42)37(31-12-4-2-10-29(31)30-11-3-5-13-32(30)37)20-8-9-21-40-22-24-41(25-23-40)36-39-33-14-6-7-15-34(33)44-36/h2-7,10-19H,8-9,20-26H2,1H3,(H,38,42). The predicted octanol–water partition coefficient (Wildman–Crippen LogP) is 6.88. The molecule has 2 heterocycles. The number of anilines is 1. The van der Waals surface area contributed by atoms with E-state index in [-0.39, 0.29) is 5.91 Å². The normalized spacial score (nSPS) is 15.6. The Kier molecular flexibility index (Phi) is 8.07. The van der Waals surface area contributed by atoms with Gasteiger partial charge in [0.05, 0.1) is 17.3 Å². The van der Waals surface area contributed by atoms with Gasteiger partial charge in [-0.15, -0.1) is 0 Å². The maximum atomic E-state index is 14.4. The van der Waals surface area contributed by atoms with Crippen LogP contribution in [0.15, 0.2) is 97.1 Å². The first kappa shape index (κ1) is 28.6. The number of rotatable bonds is 10.